The van der Waals surface area contributed by atoms with Crippen LogP contribution in [0.15, 0.2) is 48.8 Å². The number of rotatable bonds is 4. The van der Waals surface area contributed by atoms with Gasteiger partial charge in [-0.05, 0) is 61.7 Å². The molecular formula is C22H26N4O3. The second-order valence-electron chi connectivity index (χ2n) is 7.21. The standard InChI is InChI=1S/C22H26N4O3/c1-16(17-10-12-23-13-11-17)24-20(27)21(28)25-19-8-6-18(7-9-19)22(29)26-14-4-2-3-5-15-26/h6-13,16H,2-5,14-15H2,1H3,(H,24,27)(H,25,28). The van der Waals surface area contributed by atoms with Gasteiger partial charge >= 0.3 is 11.8 Å². The summed E-state index contributed by atoms with van der Waals surface area (Å²) in [6.45, 7) is 3.37. The molecular weight excluding hydrogens is 368 g/mol. The Bertz CT molecular complexity index is 844. The predicted octanol–water partition coefficient (Wildman–Crippen LogP) is 2.91. The van der Waals surface area contributed by atoms with Crippen LogP contribution in [0.1, 0.15) is 54.6 Å². The highest BCUT2D eigenvalue weighted by Crippen LogP contribution is 2.16. The second-order valence-corrected chi connectivity index (χ2v) is 7.21. The molecule has 0 saturated carbocycles. The van der Waals surface area contributed by atoms with Crippen LogP contribution in [0, 0.1) is 0 Å². The minimum Gasteiger partial charge on any atom is -0.341 e. The summed E-state index contributed by atoms with van der Waals surface area (Å²) < 4.78 is 0. The average molecular weight is 394 g/mol. The van der Waals surface area contributed by atoms with Gasteiger partial charge in [-0.15, -0.1) is 0 Å². The summed E-state index contributed by atoms with van der Waals surface area (Å²) in [4.78, 5) is 42.8. The molecule has 1 aliphatic heterocycles. The molecule has 7 heteroatoms. The van der Waals surface area contributed by atoms with Gasteiger partial charge < -0.3 is 15.5 Å². The molecule has 2 heterocycles. The number of hydrogen-bond donors (Lipinski definition) is 2. The lowest BCUT2D eigenvalue weighted by molar-refractivity contribution is -0.136. The van der Waals surface area contributed by atoms with Crippen LogP contribution < -0.4 is 10.6 Å². The quantitative estimate of drug-likeness (QED) is 0.780. The molecule has 1 atom stereocenters. The van der Waals surface area contributed by atoms with Gasteiger partial charge in [-0.1, -0.05) is 12.8 Å². The van der Waals surface area contributed by atoms with E-state index in [1.54, 1.807) is 55.7 Å². The van der Waals surface area contributed by atoms with Crippen molar-refractivity contribution < 1.29 is 14.4 Å². The molecule has 1 aromatic carbocycles. The maximum atomic E-state index is 12.6. The molecule has 1 fully saturated rings. The molecule has 152 valence electrons. The van der Waals surface area contributed by atoms with Crippen molar-refractivity contribution >= 4 is 23.4 Å². The van der Waals surface area contributed by atoms with Crippen LogP contribution in [-0.2, 0) is 9.59 Å². The number of amides is 3. The molecule has 3 amide bonds. The van der Waals surface area contributed by atoms with Crippen molar-refractivity contribution in [1.29, 1.82) is 0 Å². The first kappa shape index (κ1) is 20.5. The van der Waals surface area contributed by atoms with E-state index < -0.39 is 11.8 Å². The zero-order chi connectivity index (χ0) is 20.6. The molecule has 7 nitrogen and oxygen atoms in total. The molecule has 0 spiro atoms. The van der Waals surface area contributed by atoms with Crippen LogP contribution in [0.5, 0.6) is 0 Å². The van der Waals surface area contributed by atoms with E-state index in [1.807, 2.05) is 4.90 Å². The van der Waals surface area contributed by atoms with Crippen LogP contribution in [0.2, 0.25) is 0 Å². The maximum Gasteiger partial charge on any atom is 0.313 e. The summed E-state index contributed by atoms with van der Waals surface area (Å²) in [5, 5.41) is 5.22. The average Bonchev–Trinajstić information content (AvgIpc) is 3.04. The lowest BCUT2D eigenvalue weighted by atomic mass is 10.1. The Morgan fingerprint density at radius 2 is 1.52 bits per heavy atom. The number of benzene rings is 1. The Labute approximate surface area is 170 Å². The van der Waals surface area contributed by atoms with Crippen molar-refractivity contribution in [2.75, 3.05) is 18.4 Å². The van der Waals surface area contributed by atoms with Gasteiger partial charge in [-0.25, -0.2) is 0 Å². The van der Waals surface area contributed by atoms with Crippen LogP contribution in [0.4, 0.5) is 5.69 Å². The summed E-state index contributed by atoms with van der Waals surface area (Å²) in [5.41, 5.74) is 1.91. The number of carbonyl (C=O) groups is 3. The molecule has 1 aliphatic rings. The van der Waals surface area contributed by atoms with Crippen LogP contribution in [-0.4, -0.2) is 40.7 Å². The fourth-order valence-electron chi connectivity index (χ4n) is 3.34. The third-order valence-electron chi connectivity index (χ3n) is 5.04. The molecule has 2 aromatic rings. The number of carbonyl (C=O) groups excluding carboxylic acids is 3. The normalized spacial score (nSPS) is 15.1. The Kier molecular flexibility index (Phi) is 6.94. The molecule has 0 bridgehead atoms. The highest BCUT2D eigenvalue weighted by Gasteiger charge is 2.19. The zero-order valence-corrected chi connectivity index (χ0v) is 16.6. The van der Waals surface area contributed by atoms with Gasteiger partial charge in [0.25, 0.3) is 5.91 Å². The van der Waals surface area contributed by atoms with Gasteiger partial charge in [0.1, 0.15) is 0 Å². The fraction of sp³-hybridized carbons (Fsp3) is 0.364. The highest BCUT2D eigenvalue weighted by atomic mass is 16.2. The van der Waals surface area contributed by atoms with Crippen LogP contribution >= 0.6 is 0 Å². The fourth-order valence-corrected chi connectivity index (χ4v) is 3.34. The lowest BCUT2D eigenvalue weighted by Crippen LogP contribution is -2.37. The maximum absolute atomic E-state index is 12.6. The molecule has 3 rings (SSSR count). The van der Waals surface area contributed by atoms with Gasteiger partial charge in [0, 0.05) is 36.7 Å². The second kappa shape index (κ2) is 9.82. The minimum atomic E-state index is -0.752. The van der Waals surface area contributed by atoms with Crippen LogP contribution in [0.25, 0.3) is 0 Å². The zero-order valence-electron chi connectivity index (χ0n) is 16.6. The predicted molar refractivity (Wildman–Crippen MR) is 110 cm³/mol. The SMILES string of the molecule is CC(NC(=O)C(=O)Nc1ccc(C(=O)N2CCCCCC2)cc1)c1ccncc1. The van der Waals surface area contributed by atoms with E-state index in [2.05, 4.69) is 15.6 Å². The number of nitrogens with zero attached hydrogens (tertiary/aromatic N) is 2. The highest BCUT2D eigenvalue weighted by molar-refractivity contribution is 6.39. The first-order valence-electron chi connectivity index (χ1n) is 9.95. The van der Waals surface area contributed by atoms with E-state index in [4.69, 9.17) is 0 Å². The smallest absolute Gasteiger partial charge is 0.313 e. The van der Waals surface area contributed by atoms with E-state index in [1.165, 1.54) is 0 Å². The monoisotopic (exact) mass is 394 g/mol. The van der Waals surface area contributed by atoms with Crippen molar-refractivity contribution in [3.05, 3.63) is 59.9 Å². The number of nitrogens with one attached hydrogen (secondary N) is 2. The largest absolute Gasteiger partial charge is 0.341 e. The minimum absolute atomic E-state index is 0.00805. The molecule has 1 unspecified atom stereocenters. The van der Waals surface area contributed by atoms with Gasteiger partial charge in [0.2, 0.25) is 0 Å². The van der Waals surface area contributed by atoms with Crippen molar-refractivity contribution in [2.45, 2.75) is 38.6 Å². The molecule has 1 aromatic heterocycles. The number of hydrogen-bond acceptors (Lipinski definition) is 4. The van der Waals surface area contributed by atoms with Gasteiger partial charge in [0.05, 0.1) is 6.04 Å². The summed E-state index contributed by atoms with van der Waals surface area (Å²) in [6.07, 6.45) is 7.66. The van der Waals surface area contributed by atoms with E-state index in [-0.39, 0.29) is 11.9 Å². The van der Waals surface area contributed by atoms with E-state index in [0.717, 1.165) is 44.3 Å². The van der Waals surface area contributed by atoms with E-state index >= 15 is 0 Å². The van der Waals surface area contributed by atoms with Crippen molar-refractivity contribution in [3.63, 3.8) is 0 Å². The molecule has 2 N–H and O–H groups in total. The van der Waals surface area contributed by atoms with Gasteiger partial charge in [0.15, 0.2) is 0 Å². The molecule has 29 heavy (non-hydrogen) atoms. The third-order valence-corrected chi connectivity index (χ3v) is 5.04. The first-order chi connectivity index (χ1) is 14.0. The Balaban J connectivity index is 1.55. The number of pyridine rings is 1. The number of likely N-dealkylation sites (tertiary alicyclic amines) is 1. The molecule has 0 aliphatic carbocycles. The van der Waals surface area contributed by atoms with Crippen molar-refractivity contribution in [1.82, 2.24) is 15.2 Å². The van der Waals surface area contributed by atoms with Gasteiger partial charge in [-0.2, -0.15) is 0 Å². The first-order valence-corrected chi connectivity index (χ1v) is 9.95. The van der Waals surface area contributed by atoms with Crippen molar-refractivity contribution in [3.8, 4) is 0 Å². The molecule has 0 radical (unpaired) electrons. The Morgan fingerprint density at radius 1 is 0.897 bits per heavy atom. The third kappa shape index (κ3) is 5.63. The van der Waals surface area contributed by atoms with Gasteiger partial charge in [-0.3, -0.25) is 19.4 Å². The summed E-state index contributed by atoms with van der Waals surface area (Å²) >= 11 is 0. The van der Waals surface area contributed by atoms with Crippen molar-refractivity contribution in [2.24, 2.45) is 0 Å². The number of aromatic nitrogens is 1. The lowest BCUT2D eigenvalue weighted by Gasteiger charge is -2.20. The Morgan fingerprint density at radius 3 is 2.14 bits per heavy atom. The summed E-state index contributed by atoms with van der Waals surface area (Å²) in [5.74, 6) is -1.47. The molecule has 1 saturated heterocycles. The van der Waals surface area contributed by atoms with Crippen LogP contribution in [0.3, 0.4) is 0 Å². The van der Waals surface area contributed by atoms with E-state index in [0.29, 0.717) is 11.3 Å². The topological polar surface area (TPSA) is 91.4 Å². The van der Waals surface area contributed by atoms with E-state index in [9.17, 15) is 14.4 Å². The summed E-state index contributed by atoms with van der Waals surface area (Å²) in [7, 11) is 0. The summed E-state index contributed by atoms with van der Waals surface area (Å²) in [6, 6.07) is 9.89. The Hall–Kier alpha value is -3.22. The number of anilines is 1.